The molecule has 2 N–H and O–H groups in total. The summed E-state index contributed by atoms with van der Waals surface area (Å²) in [4.78, 5) is 32.5. The van der Waals surface area contributed by atoms with Crippen LogP contribution in [-0.2, 0) is 11.2 Å². The average Bonchev–Trinajstić information content (AvgIpc) is 2.62. The molecule has 0 aliphatic carbocycles. The van der Waals surface area contributed by atoms with Gasteiger partial charge in [-0.25, -0.2) is 4.99 Å². The van der Waals surface area contributed by atoms with Gasteiger partial charge in [0.2, 0.25) is 11.9 Å². The summed E-state index contributed by atoms with van der Waals surface area (Å²) >= 11 is 0. The Balaban J connectivity index is 1.78. The van der Waals surface area contributed by atoms with Crippen LogP contribution in [0.3, 0.4) is 0 Å². The molecule has 0 radical (unpaired) electrons. The van der Waals surface area contributed by atoms with E-state index in [0.717, 1.165) is 12.0 Å². The van der Waals surface area contributed by atoms with Gasteiger partial charge in [0.05, 0.1) is 18.0 Å². The van der Waals surface area contributed by atoms with E-state index >= 15 is 0 Å². The lowest BCUT2D eigenvalue weighted by Crippen LogP contribution is -2.47. The van der Waals surface area contributed by atoms with Crippen LogP contribution in [0.1, 0.15) is 40.9 Å². The summed E-state index contributed by atoms with van der Waals surface area (Å²) in [6.45, 7) is 2.09. The second kappa shape index (κ2) is 7.04. The van der Waals surface area contributed by atoms with E-state index in [0.29, 0.717) is 5.56 Å². The van der Waals surface area contributed by atoms with Crippen molar-refractivity contribution in [1.82, 2.24) is 15.6 Å². The summed E-state index contributed by atoms with van der Waals surface area (Å²) in [5, 5.41) is 5.23. The molecule has 1 aromatic carbocycles. The molecule has 1 atom stereocenters. The minimum Gasteiger partial charge on any atom is -0.296 e. The number of aryl methyl sites for hydroxylation is 1. The minimum atomic E-state index is -0.357. The molecule has 1 aliphatic rings. The van der Waals surface area contributed by atoms with E-state index in [1.165, 1.54) is 11.8 Å². The zero-order valence-electron chi connectivity index (χ0n) is 13.3. The Hall–Kier alpha value is -3.02. The third-order valence-electron chi connectivity index (χ3n) is 3.85. The van der Waals surface area contributed by atoms with Crippen molar-refractivity contribution in [3.8, 4) is 0 Å². The second-order valence-electron chi connectivity index (χ2n) is 5.54. The molecule has 2 heterocycles. The molecule has 2 amide bonds. The average molecular weight is 322 g/mol. The number of nitrogens with zero attached hydrogens (tertiary/aromatic N) is 2. The number of guanidine groups is 1. The Morgan fingerprint density at radius 2 is 2.08 bits per heavy atom. The third-order valence-corrected chi connectivity index (χ3v) is 3.85. The van der Waals surface area contributed by atoms with Crippen LogP contribution >= 0.6 is 0 Å². The molecule has 0 bridgehead atoms. The van der Waals surface area contributed by atoms with E-state index < -0.39 is 0 Å². The highest BCUT2D eigenvalue weighted by molar-refractivity contribution is 6.10. The number of hydrogen-bond acceptors (Lipinski definition) is 4. The smallest absolute Gasteiger partial charge is 0.259 e. The fraction of sp³-hybridized carbons (Fsp3) is 0.222. The molecule has 24 heavy (non-hydrogen) atoms. The number of carbonyl (C=O) groups excluding carboxylic acids is 2. The van der Waals surface area contributed by atoms with E-state index in [1.807, 2.05) is 24.3 Å². The van der Waals surface area contributed by atoms with Crippen LogP contribution in [0.4, 0.5) is 0 Å². The maximum atomic E-state index is 12.2. The van der Waals surface area contributed by atoms with Crippen LogP contribution < -0.4 is 10.6 Å². The van der Waals surface area contributed by atoms with Crippen molar-refractivity contribution in [1.29, 1.82) is 0 Å². The van der Waals surface area contributed by atoms with Crippen molar-refractivity contribution in [2.75, 3.05) is 0 Å². The van der Waals surface area contributed by atoms with Crippen LogP contribution in [0.15, 0.2) is 53.8 Å². The Morgan fingerprint density at radius 3 is 2.75 bits per heavy atom. The largest absolute Gasteiger partial charge is 0.296 e. The van der Waals surface area contributed by atoms with Gasteiger partial charge in [0.1, 0.15) is 0 Å². The quantitative estimate of drug-likeness (QED) is 0.906. The number of amides is 2. The fourth-order valence-electron chi connectivity index (χ4n) is 2.50. The van der Waals surface area contributed by atoms with E-state index in [-0.39, 0.29) is 30.2 Å². The molecular weight excluding hydrogens is 304 g/mol. The number of pyridine rings is 1. The first-order chi connectivity index (χ1) is 11.7. The topological polar surface area (TPSA) is 83.5 Å². The van der Waals surface area contributed by atoms with Crippen LogP contribution in [-0.4, -0.2) is 22.8 Å². The summed E-state index contributed by atoms with van der Waals surface area (Å²) in [6, 6.07) is 11.0. The molecule has 1 aliphatic heterocycles. The number of aromatic nitrogens is 1. The Labute approximate surface area is 140 Å². The zero-order chi connectivity index (χ0) is 16.9. The highest BCUT2D eigenvalue weighted by atomic mass is 16.2. The number of benzene rings is 1. The minimum absolute atomic E-state index is 0.170. The summed E-state index contributed by atoms with van der Waals surface area (Å²) in [5.41, 5.74) is 2.59. The lowest BCUT2D eigenvalue weighted by molar-refractivity contribution is -0.120. The maximum Gasteiger partial charge on any atom is 0.259 e. The Morgan fingerprint density at radius 1 is 1.29 bits per heavy atom. The zero-order valence-corrected chi connectivity index (χ0v) is 13.3. The molecule has 2 aromatic rings. The Bertz CT molecular complexity index is 769. The number of aliphatic imine (C=N–C) groups is 1. The maximum absolute atomic E-state index is 12.2. The number of rotatable bonds is 3. The lowest BCUT2D eigenvalue weighted by atomic mass is 10.0. The molecule has 0 fully saturated rings. The monoisotopic (exact) mass is 322 g/mol. The van der Waals surface area contributed by atoms with Crippen molar-refractivity contribution in [3.05, 3.63) is 65.5 Å². The first-order valence-electron chi connectivity index (χ1n) is 7.83. The molecule has 122 valence electrons. The van der Waals surface area contributed by atoms with Gasteiger partial charge in [0.15, 0.2) is 0 Å². The summed E-state index contributed by atoms with van der Waals surface area (Å²) in [7, 11) is 0. The first-order valence-corrected chi connectivity index (χ1v) is 7.83. The van der Waals surface area contributed by atoms with Gasteiger partial charge in [-0.3, -0.25) is 25.2 Å². The number of hydrogen-bond donors (Lipinski definition) is 2. The molecular formula is C18H18N4O2. The van der Waals surface area contributed by atoms with E-state index in [4.69, 9.17) is 0 Å². The Kier molecular flexibility index (Phi) is 4.65. The van der Waals surface area contributed by atoms with Gasteiger partial charge in [-0.05, 0) is 29.7 Å². The van der Waals surface area contributed by atoms with E-state index in [9.17, 15) is 9.59 Å². The van der Waals surface area contributed by atoms with Gasteiger partial charge in [-0.2, -0.15) is 0 Å². The van der Waals surface area contributed by atoms with Gasteiger partial charge in [-0.15, -0.1) is 0 Å². The second-order valence-corrected chi connectivity index (χ2v) is 5.54. The van der Waals surface area contributed by atoms with Gasteiger partial charge in [0.25, 0.3) is 5.91 Å². The first kappa shape index (κ1) is 15.9. The van der Waals surface area contributed by atoms with Crippen LogP contribution in [0.25, 0.3) is 0 Å². The molecule has 0 saturated carbocycles. The van der Waals surface area contributed by atoms with Gasteiger partial charge in [0, 0.05) is 12.4 Å². The van der Waals surface area contributed by atoms with Crippen molar-refractivity contribution >= 4 is 17.8 Å². The fourth-order valence-corrected chi connectivity index (χ4v) is 2.50. The number of carbonyl (C=O) groups is 2. The molecule has 0 saturated heterocycles. The van der Waals surface area contributed by atoms with Gasteiger partial charge >= 0.3 is 0 Å². The predicted octanol–water partition coefficient (Wildman–Crippen LogP) is 1.99. The standard InChI is InChI=1S/C18H18N4O2/c1-2-12-5-7-13(8-6-12)15-10-16(23)21-18(20-15)22-17(24)14-4-3-9-19-11-14/h3-9,11,15H,2,10H2,1H3,(H2,20,21,22,23,24)/t15-/m0/s1. The summed E-state index contributed by atoms with van der Waals surface area (Å²) in [5.74, 6) is -0.357. The number of nitrogens with one attached hydrogen (secondary N) is 2. The molecule has 3 rings (SSSR count). The molecule has 6 nitrogen and oxygen atoms in total. The van der Waals surface area contributed by atoms with Gasteiger partial charge in [-0.1, -0.05) is 31.2 Å². The molecule has 1 aromatic heterocycles. The predicted molar refractivity (Wildman–Crippen MR) is 90.5 cm³/mol. The normalized spacial score (nSPS) is 17.0. The molecule has 0 unspecified atom stereocenters. The summed E-state index contributed by atoms with van der Waals surface area (Å²) in [6.07, 6.45) is 4.27. The molecule has 6 heteroatoms. The third kappa shape index (κ3) is 3.65. The molecule has 0 spiro atoms. The van der Waals surface area contributed by atoms with Crippen molar-refractivity contribution < 1.29 is 9.59 Å². The van der Waals surface area contributed by atoms with Crippen molar-refractivity contribution in [2.24, 2.45) is 4.99 Å². The van der Waals surface area contributed by atoms with Crippen LogP contribution in [0.5, 0.6) is 0 Å². The highest BCUT2D eigenvalue weighted by Crippen LogP contribution is 2.23. The van der Waals surface area contributed by atoms with Crippen molar-refractivity contribution in [3.63, 3.8) is 0 Å². The highest BCUT2D eigenvalue weighted by Gasteiger charge is 2.23. The van der Waals surface area contributed by atoms with E-state index in [2.05, 4.69) is 27.5 Å². The lowest BCUT2D eigenvalue weighted by Gasteiger charge is -2.21. The summed E-state index contributed by atoms with van der Waals surface area (Å²) < 4.78 is 0. The van der Waals surface area contributed by atoms with E-state index in [1.54, 1.807) is 18.3 Å². The van der Waals surface area contributed by atoms with Crippen LogP contribution in [0, 0.1) is 0 Å². The van der Waals surface area contributed by atoms with Crippen molar-refractivity contribution in [2.45, 2.75) is 25.8 Å². The van der Waals surface area contributed by atoms with Gasteiger partial charge < -0.3 is 0 Å². The van der Waals surface area contributed by atoms with Crippen LogP contribution in [0.2, 0.25) is 0 Å². The SMILES string of the molecule is CCc1ccc([C@@H]2CC(=O)NC(NC(=O)c3cccnc3)=N2)cc1.